The van der Waals surface area contributed by atoms with E-state index in [1.807, 2.05) is 4.90 Å². The van der Waals surface area contributed by atoms with E-state index in [-0.39, 0.29) is 17.6 Å². The monoisotopic (exact) mass is 441 g/mol. The van der Waals surface area contributed by atoms with Crippen LogP contribution in [0, 0.1) is 11.3 Å². The number of nitriles is 1. The fourth-order valence-corrected chi connectivity index (χ4v) is 4.88. The van der Waals surface area contributed by atoms with E-state index in [0.717, 1.165) is 55.1 Å². The number of hydrogen-bond donors (Lipinski definition) is 1. The Balaban J connectivity index is 1.42. The van der Waals surface area contributed by atoms with E-state index in [4.69, 9.17) is 14.5 Å². The standard InChI is InChI=1S/C24H35N5O3/c1-4-21-20-16-32-24(2,3)12-18(20)19(13-25)23(27-21)29-9-7-28(8-10-29)22(30)15-26-14-17-6-5-11-31-17/h17,26H,4-12,14-16H2,1-3H3/t17-/m1/s1. The third-order valence-electron chi connectivity index (χ3n) is 6.74. The number of anilines is 1. The van der Waals surface area contributed by atoms with Gasteiger partial charge in [0.15, 0.2) is 0 Å². The van der Waals surface area contributed by atoms with E-state index in [9.17, 15) is 10.1 Å². The zero-order valence-electron chi connectivity index (χ0n) is 19.6. The van der Waals surface area contributed by atoms with Gasteiger partial charge in [-0.05, 0) is 38.7 Å². The number of nitrogens with one attached hydrogen (secondary N) is 1. The van der Waals surface area contributed by atoms with Crippen LogP contribution in [0.1, 0.15) is 56.0 Å². The van der Waals surface area contributed by atoms with E-state index in [1.165, 1.54) is 0 Å². The first-order valence-corrected chi connectivity index (χ1v) is 11.9. The number of ether oxygens (including phenoxy) is 2. The van der Waals surface area contributed by atoms with Gasteiger partial charge >= 0.3 is 0 Å². The lowest BCUT2D eigenvalue weighted by molar-refractivity contribution is -0.130. The van der Waals surface area contributed by atoms with Gasteiger partial charge in [0, 0.05) is 57.0 Å². The van der Waals surface area contributed by atoms with Crippen molar-refractivity contribution >= 4 is 11.7 Å². The minimum atomic E-state index is -0.288. The van der Waals surface area contributed by atoms with E-state index >= 15 is 0 Å². The lowest BCUT2D eigenvalue weighted by Gasteiger charge is -2.38. The first kappa shape index (κ1) is 23.0. The molecule has 4 heterocycles. The highest BCUT2D eigenvalue weighted by Crippen LogP contribution is 2.35. The molecule has 2 saturated heterocycles. The highest BCUT2D eigenvalue weighted by Gasteiger charge is 2.33. The van der Waals surface area contributed by atoms with Crippen molar-refractivity contribution in [2.45, 2.75) is 64.8 Å². The Morgan fingerprint density at radius 3 is 2.72 bits per heavy atom. The van der Waals surface area contributed by atoms with Crippen molar-refractivity contribution in [2.75, 3.05) is 50.8 Å². The predicted molar refractivity (Wildman–Crippen MR) is 122 cm³/mol. The Kier molecular flexibility index (Phi) is 6.99. The Morgan fingerprint density at radius 2 is 2.06 bits per heavy atom. The summed E-state index contributed by atoms with van der Waals surface area (Å²) in [6, 6.07) is 2.44. The zero-order chi connectivity index (χ0) is 22.7. The second-order valence-electron chi connectivity index (χ2n) is 9.54. The molecule has 8 heteroatoms. The molecule has 0 bridgehead atoms. The van der Waals surface area contributed by atoms with Crippen LogP contribution < -0.4 is 10.2 Å². The third-order valence-corrected chi connectivity index (χ3v) is 6.74. The molecule has 1 atom stereocenters. The molecule has 1 aromatic heterocycles. The molecular formula is C24H35N5O3. The molecule has 2 fully saturated rings. The average molecular weight is 442 g/mol. The number of carbonyl (C=O) groups is 1. The summed E-state index contributed by atoms with van der Waals surface area (Å²) in [6.07, 6.45) is 3.93. The number of rotatable bonds is 6. The summed E-state index contributed by atoms with van der Waals surface area (Å²) in [5, 5.41) is 13.3. The largest absolute Gasteiger partial charge is 0.377 e. The topological polar surface area (TPSA) is 90.7 Å². The maximum Gasteiger partial charge on any atom is 0.236 e. The molecule has 8 nitrogen and oxygen atoms in total. The quantitative estimate of drug-likeness (QED) is 0.720. The maximum atomic E-state index is 12.6. The fraction of sp³-hybridized carbons (Fsp3) is 0.708. The first-order chi connectivity index (χ1) is 15.4. The molecular weight excluding hydrogens is 406 g/mol. The molecule has 0 unspecified atom stereocenters. The zero-order valence-corrected chi connectivity index (χ0v) is 19.6. The summed E-state index contributed by atoms with van der Waals surface area (Å²) < 4.78 is 11.6. The Hall–Kier alpha value is -2.21. The van der Waals surface area contributed by atoms with Gasteiger partial charge in [0.25, 0.3) is 0 Å². The Morgan fingerprint density at radius 1 is 1.28 bits per heavy atom. The molecule has 4 rings (SSSR count). The third kappa shape index (κ3) is 4.90. The molecule has 0 aliphatic carbocycles. The van der Waals surface area contributed by atoms with Gasteiger partial charge < -0.3 is 24.6 Å². The lowest BCUT2D eigenvalue weighted by Crippen LogP contribution is -2.51. The summed E-state index contributed by atoms with van der Waals surface area (Å²) >= 11 is 0. The predicted octanol–water partition coefficient (Wildman–Crippen LogP) is 1.78. The molecule has 174 valence electrons. The van der Waals surface area contributed by atoms with Gasteiger partial charge in [0.05, 0.1) is 30.4 Å². The first-order valence-electron chi connectivity index (χ1n) is 11.9. The van der Waals surface area contributed by atoms with Crippen molar-refractivity contribution in [3.63, 3.8) is 0 Å². The molecule has 1 amide bonds. The van der Waals surface area contributed by atoms with Crippen LogP contribution >= 0.6 is 0 Å². The average Bonchev–Trinajstić information content (AvgIpc) is 3.31. The van der Waals surface area contributed by atoms with Crippen molar-refractivity contribution in [2.24, 2.45) is 0 Å². The van der Waals surface area contributed by atoms with E-state index in [1.54, 1.807) is 0 Å². The number of aryl methyl sites for hydroxylation is 1. The second-order valence-corrected chi connectivity index (χ2v) is 9.54. The number of amides is 1. The number of hydrogen-bond acceptors (Lipinski definition) is 7. The number of aromatic nitrogens is 1. The molecule has 0 aromatic carbocycles. The van der Waals surface area contributed by atoms with Crippen LogP contribution in [0.3, 0.4) is 0 Å². The van der Waals surface area contributed by atoms with Crippen molar-refractivity contribution in [1.29, 1.82) is 5.26 Å². The fourth-order valence-electron chi connectivity index (χ4n) is 4.88. The van der Waals surface area contributed by atoms with Gasteiger partial charge in [-0.2, -0.15) is 5.26 Å². The van der Waals surface area contributed by atoms with Crippen LogP contribution in [0.5, 0.6) is 0 Å². The molecule has 1 N–H and O–H groups in total. The molecule has 0 saturated carbocycles. The molecule has 3 aliphatic rings. The summed E-state index contributed by atoms with van der Waals surface area (Å²) in [4.78, 5) is 21.6. The summed E-state index contributed by atoms with van der Waals surface area (Å²) in [7, 11) is 0. The van der Waals surface area contributed by atoms with E-state index < -0.39 is 0 Å². The van der Waals surface area contributed by atoms with Gasteiger partial charge in [-0.1, -0.05) is 6.92 Å². The molecule has 3 aliphatic heterocycles. The van der Waals surface area contributed by atoms with Crippen molar-refractivity contribution in [1.82, 2.24) is 15.2 Å². The Labute approximate surface area is 190 Å². The summed E-state index contributed by atoms with van der Waals surface area (Å²) in [5.41, 5.74) is 3.57. The van der Waals surface area contributed by atoms with Gasteiger partial charge in [0.2, 0.25) is 5.91 Å². The highest BCUT2D eigenvalue weighted by atomic mass is 16.5. The van der Waals surface area contributed by atoms with Crippen LogP contribution in [-0.4, -0.2) is 73.4 Å². The number of pyridine rings is 1. The van der Waals surface area contributed by atoms with Gasteiger partial charge in [-0.3, -0.25) is 4.79 Å². The lowest BCUT2D eigenvalue weighted by atomic mass is 9.87. The number of piperazine rings is 1. The van der Waals surface area contributed by atoms with Crippen LogP contribution in [0.4, 0.5) is 5.82 Å². The van der Waals surface area contributed by atoms with Crippen molar-refractivity contribution in [3.8, 4) is 6.07 Å². The Bertz CT molecular complexity index is 881. The van der Waals surface area contributed by atoms with Gasteiger partial charge in [0.1, 0.15) is 11.9 Å². The van der Waals surface area contributed by atoms with Crippen LogP contribution in [-0.2, 0) is 33.7 Å². The van der Waals surface area contributed by atoms with Crippen LogP contribution in [0.15, 0.2) is 0 Å². The van der Waals surface area contributed by atoms with E-state index in [2.05, 4.69) is 37.1 Å². The summed E-state index contributed by atoms with van der Waals surface area (Å²) in [5.74, 6) is 0.888. The highest BCUT2D eigenvalue weighted by molar-refractivity contribution is 5.78. The molecule has 0 spiro atoms. The minimum Gasteiger partial charge on any atom is -0.377 e. The van der Waals surface area contributed by atoms with Crippen LogP contribution in [0.25, 0.3) is 0 Å². The molecule has 0 radical (unpaired) electrons. The van der Waals surface area contributed by atoms with Gasteiger partial charge in [-0.25, -0.2) is 4.98 Å². The molecule has 1 aromatic rings. The summed E-state index contributed by atoms with van der Waals surface area (Å²) in [6.45, 7) is 11.3. The normalized spacial score (nSPS) is 22.5. The number of nitrogens with zero attached hydrogens (tertiary/aromatic N) is 4. The van der Waals surface area contributed by atoms with Crippen molar-refractivity contribution in [3.05, 3.63) is 22.4 Å². The van der Waals surface area contributed by atoms with Gasteiger partial charge in [-0.15, -0.1) is 0 Å². The SMILES string of the molecule is CCc1nc(N2CCN(C(=O)CNC[C@H]3CCCO3)CC2)c(C#N)c2c1COC(C)(C)C2. The minimum absolute atomic E-state index is 0.120. The van der Waals surface area contributed by atoms with Crippen molar-refractivity contribution < 1.29 is 14.3 Å². The number of carbonyl (C=O) groups excluding carboxylic acids is 1. The number of fused-ring (bicyclic) bond motifs is 1. The van der Waals surface area contributed by atoms with Crippen LogP contribution in [0.2, 0.25) is 0 Å². The maximum absolute atomic E-state index is 12.6. The van der Waals surface area contributed by atoms with E-state index in [0.29, 0.717) is 51.3 Å². The second kappa shape index (κ2) is 9.74. The molecule has 32 heavy (non-hydrogen) atoms. The smallest absolute Gasteiger partial charge is 0.236 e.